The Balaban J connectivity index is 1.64. The fourth-order valence-electron chi connectivity index (χ4n) is 4.06. The van der Waals surface area contributed by atoms with Gasteiger partial charge in [0, 0.05) is 31.7 Å². The van der Waals surface area contributed by atoms with Crippen molar-refractivity contribution in [1.82, 2.24) is 14.5 Å². The van der Waals surface area contributed by atoms with Gasteiger partial charge in [0.05, 0.1) is 11.9 Å². The zero-order valence-electron chi connectivity index (χ0n) is 18.9. The molecule has 0 N–H and O–H groups in total. The number of unbranched alkanes of at least 4 members (excludes halogenated alkanes) is 1. The van der Waals surface area contributed by atoms with E-state index in [1.807, 2.05) is 42.6 Å². The van der Waals surface area contributed by atoms with Crippen LogP contribution >= 0.6 is 0 Å². The van der Waals surface area contributed by atoms with Crippen molar-refractivity contribution in [3.63, 3.8) is 0 Å². The quantitative estimate of drug-likeness (QED) is 0.267. The molecule has 33 heavy (non-hydrogen) atoms. The molecule has 0 aliphatic carbocycles. The number of benzene rings is 3. The van der Waals surface area contributed by atoms with Crippen LogP contribution in [0.15, 0.2) is 85.1 Å². The van der Waals surface area contributed by atoms with Gasteiger partial charge in [0.1, 0.15) is 5.82 Å². The molecule has 0 spiro atoms. The molecule has 3 aromatic carbocycles. The summed E-state index contributed by atoms with van der Waals surface area (Å²) in [5.74, 6) is -0.670. The van der Waals surface area contributed by atoms with Gasteiger partial charge in [0.25, 0.3) is 0 Å². The van der Waals surface area contributed by atoms with E-state index in [0.717, 1.165) is 42.0 Å². The van der Waals surface area contributed by atoms with Gasteiger partial charge < -0.3 is 4.57 Å². The molecule has 0 bridgehead atoms. The van der Waals surface area contributed by atoms with Crippen molar-refractivity contribution in [2.24, 2.45) is 0 Å². The summed E-state index contributed by atoms with van der Waals surface area (Å²) in [7, 11) is 0. The van der Waals surface area contributed by atoms with E-state index in [-0.39, 0.29) is 0 Å². The number of aromatic nitrogens is 2. The second-order valence-corrected chi connectivity index (χ2v) is 8.32. The third kappa shape index (κ3) is 5.93. The van der Waals surface area contributed by atoms with Crippen molar-refractivity contribution in [3.05, 3.63) is 114 Å². The maximum atomic E-state index is 13.9. The molecule has 0 unspecified atom stereocenters. The second kappa shape index (κ2) is 11.0. The van der Waals surface area contributed by atoms with E-state index in [2.05, 4.69) is 40.7 Å². The Morgan fingerprint density at radius 3 is 2.18 bits per heavy atom. The first kappa shape index (κ1) is 22.9. The van der Waals surface area contributed by atoms with Crippen LogP contribution in [-0.2, 0) is 26.2 Å². The summed E-state index contributed by atoms with van der Waals surface area (Å²) in [4.78, 5) is 7.01. The molecule has 0 aliphatic rings. The van der Waals surface area contributed by atoms with Crippen LogP contribution in [0.25, 0.3) is 11.4 Å². The highest BCUT2D eigenvalue weighted by molar-refractivity contribution is 5.55. The molecular weight excluding hydrogens is 416 g/mol. The average molecular weight is 446 g/mol. The van der Waals surface area contributed by atoms with Crippen LogP contribution in [0.3, 0.4) is 0 Å². The Hall–Kier alpha value is -3.31. The molecule has 0 amide bonds. The van der Waals surface area contributed by atoms with Crippen LogP contribution in [0.5, 0.6) is 0 Å². The Labute approximate surface area is 194 Å². The van der Waals surface area contributed by atoms with Crippen molar-refractivity contribution >= 4 is 0 Å². The SMILES string of the molecule is CCCCn1c(CN(Cc2ccccc2)Cc2ccc(F)c(F)c2)cnc1-c1ccccc1. The van der Waals surface area contributed by atoms with Crippen LogP contribution < -0.4 is 0 Å². The van der Waals surface area contributed by atoms with Gasteiger partial charge in [-0.3, -0.25) is 4.90 Å². The third-order valence-corrected chi connectivity index (χ3v) is 5.73. The summed E-state index contributed by atoms with van der Waals surface area (Å²) in [6.07, 6.45) is 4.10. The molecule has 1 heterocycles. The number of nitrogens with zero attached hydrogens (tertiary/aromatic N) is 3. The van der Waals surface area contributed by atoms with E-state index in [1.165, 1.54) is 17.7 Å². The lowest BCUT2D eigenvalue weighted by atomic mass is 10.1. The predicted octanol–water partition coefficient (Wildman–Crippen LogP) is 6.83. The van der Waals surface area contributed by atoms with Gasteiger partial charge in [-0.15, -0.1) is 0 Å². The van der Waals surface area contributed by atoms with E-state index in [1.54, 1.807) is 6.07 Å². The Morgan fingerprint density at radius 2 is 1.48 bits per heavy atom. The lowest BCUT2D eigenvalue weighted by molar-refractivity contribution is 0.240. The minimum Gasteiger partial charge on any atom is -0.327 e. The van der Waals surface area contributed by atoms with Crippen LogP contribution in [-0.4, -0.2) is 14.5 Å². The molecule has 0 aliphatic heterocycles. The molecule has 3 nitrogen and oxygen atoms in total. The number of hydrogen-bond donors (Lipinski definition) is 0. The summed E-state index contributed by atoms with van der Waals surface area (Å²) < 4.78 is 29.6. The lowest BCUT2D eigenvalue weighted by Crippen LogP contribution is -2.24. The molecule has 0 fully saturated rings. The van der Waals surface area contributed by atoms with E-state index < -0.39 is 11.6 Å². The molecule has 0 radical (unpaired) electrons. The molecule has 0 atom stereocenters. The molecule has 0 saturated carbocycles. The number of hydrogen-bond acceptors (Lipinski definition) is 2. The smallest absolute Gasteiger partial charge is 0.159 e. The summed E-state index contributed by atoms with van der Waals surface area (Å²) in [6, 6.07) is 24.6. The van der Waals surface area contributed by atoms with Crippen molar-refractivity contribution in [3.8, 4) is 11.4 Å². The largest absolute Gasteiger partial charge is 0.327 e. The first-order valence-corrected chi connectivity index (χ1v) is 11.4. The highest BCUT2D eigenvalue weighted by Crippen LogP contribution is 2.23. The van der Waals surface area contributed by atoms with Crippen LogP contribution in [0.1, 0.15) is 36.6 Å². The second-order valence-electron chi connectivity index (χ2n) is 8.32. The molecule has 4 rings (SSSR count). The van der Waals surface area contributed by atoms with E-state index >= 15 is 0 Å². The summed E-state index contributed by atoms with van der Waals surface area (Å²) >= 11 is 0. The summed E-state index contributed by atoms with van der Waals surface area (Å²) in [6.45, 7) is 4.92. The topological polar surface area (TPSA) is 21.1 Å². The van der Waals surface area contributed by atoms with Gasteiger partial charge in [-0.05, 0) is 29.7 Å². The molecule has 5 heteroatoms. The van der Waals surface area contributed by atoms with Gasteiger partial charge in [-0.2, -0.15) is 0 Å². The normalized spacial score (nSPS) is 11.3. The minimum atomic E-state index is -0.821. The Kier molecular flexibility index (Phi) is 7.63. The van der Waals surface area contributed by atoms with E-state index in [9.17, 15) is 8.78 Å². The van der Waals surface area contributed by atoms with Crippen LogP contribution in [0.2, 0.25) is 0 Å². The van der Waals surface area contributed by atoms with Crippen LogP contribution in [0, 0.1) is 11.6 Å². The maximum absolute atomic E-state index is 13.9. The number of imidazole rings is 1. The van der Waals surface area contributed by atoms with Gasteiger partial charge >= 0.3 is 0 Å². The lowest BCUT2D eigenvalue weighted by Gasteiger charge is -2.24. The van der Waals surface area contributed by atoms with Crippen molar-refractivity contribution in [2.75, 3.05) is 0 Å². The molecule has 4 aromatic rings. The van der Waals surface area contributed by atoms with Gasteiger partial charge in [0.15, 0.2) is 11.6 Å². The fourth-order valence-corrected chi connectivity index (χ4v) is 4.06. The van der Waals surface area contributed by atoms with E-state index in [0.29, 0.717) is 19.6 Å². The maximum Gasteiger partial charge on any atom is 0.159 e. The highest BCUT2D eigenvalue weighted by atomic mass is 19.2. The molecule has 0 saturated heterocycles. The summed E-state index contributed by atoms with van der Waals surface area (Å²) in [5, 5.41) is 0. The predicted molar refractivity (Wildman–Crippen MR) is 128 cm³/mol. The van der Waals surface area contributed by atoms with Gasteiger partial charge in [-0.1, -0.05) is 80.1 Å². The Morgan fingerprint density at radius 1 is 0.788 bits per heavy atom. The molecule has 1 aromatic heterocycles. The van der Waals surface area contributed by atoms with Crippen molar-refractivity contribution < 1.29 is 8.78 Å². The minimum absolute atomic E-state index is 0.506. The molecule has 170 valence electrons. The Bertz CT molecular complexity index is 1160. The fraction of sp³-hybridized carbons (Fsp3) is 0.250. The zero-order valence-corrected chi connectivity index (χ0v) is 18.9. The number of rotatable bonds is 10. The standard InChI is InChI=1S/C28H29F2N3/c1-2-3-16-33-25(18-31-28(33)24-12-8-5-9-13-24)21-32(19-22-10-6-4-7-11-22)20-23-14-15-26(29)27(30)17-23/h4-15,17-18H,2-3,16,19-21H2,1H3. The van der Waals surface area contributed by atoms with Crippen LogP contribution in [0.4, 0.5) is 8.78 Å². The first-order chi connectivity index (χ1) is 16.1. The van der Waals surface area contributed by atoms with Gasteiger partial charge in [0.2, 0.25) is 0 Å². The average Bonchev–Trinajstić information content (AvgIpc) is 3.23. The monoisotopic (exact) mass is 445 g/mol. The van der Waals surface area contributed by atoms with Crippen molar-refractivity contribution in [2.45, 2.75) is 45.9 Å². The summed E-state index contributed by atoms with van der Waals surface area (Å²) in [5.41, 5.74) is 4.12. The van der Waals surface area contributed by atoms with Crippen molar-refractivity contribution in [1.29, 1.82) is 0 Å². The number of halogens is 2. The van der Waals surface area contributed by atoms with E-state index in [4.69, 9.17) is 4.98 Å². The third-order valence-electron chi connectivity index (χ3n) is 5.73. The first-order valence-electron chi connectivity index (χ1n) is 11.4. The zero-order chi connectivity index (χ0) is 23.0. The van der Waals surface area contributed by atoms with Gasteiger partial charge in [-0.25, -0.2) is 13.8 Å². The highest BCUT2D eigenvalue weighted by Gasteiger charge is 2.16. The molecular formula is C28H29F2N3.